The number of nitrogens with zero attached hydrogens (tertiary/aromatic N) is 2. The molecule has 2 heteroatoms. The first-order valence-electron chi connectivity index (χ1n) is 13.2. The van der Waals surface area contributed by atoms with Gasteiger partial charge < -0.3 is 0 Å². The van der Waals surface area contributed by atoms with E-state index in [-0.39, 0.29) is 0 Å². The number of allylic oxidation sites excluding steroid dienone is 4. The van der Waals surface area contributed by atoms with Crippen molar-refractivity contribution in [1.82, 2.24) is 4.57 Å². The van der Waals surface area contributed by atoms with Crippen molar-refractivity contribution < 1.29 is 4.57 Å². The van der Waals surface area contributed by atoms with Crippen molar-refractivity contribution in [2.45, 2.75) is 73.3 Å². The zero-order valence-corrected chi connectivity index (χ0v) is 21.7. The number of fused-ring (bicyclic) bond motifs is 3. The molecule has 176 valence electrons. The summed E-state index contributed by atoms with van der Waals surface area (Å²) in [5, 5.41) is 0. The van der Waals surface area contributed by atoms with Crippen LogP contribution in [0, 0.1) is 11.8 Å². The van der Waals surface area contributed by atoms with Gasteiger partial charge in [-0.3, -0.25) is 0 Å². The first-order valence-corrected chi connectivity index (χ1v) is 13.2. The molecule has 1 aliphatic heterocycles. The Morgan fingerprint density at radius 1 is 0.941 bits per heavy atom. The standard InChI is InChI=1S/C32H39N2/c1-7-23-15-24(8-2)17-26(16-23)27-18-29(21(3)4)31(30(19-27)22(5)6)34-14-13-33-20-25-11-9-10-12-28(25)32(33)34/h9-18,21-22,27H,7-8,19-20H2,1-6H3/q+1. The molecule has 0 saturated carbocycles. The summed E-state index contributed by atoms with van der Waals surface area (Å²) in [5.74, 6) is 2.74. The fourth-order valence-corrected chi connectivity index (χ4v) is 5.85. The summed E-state index contributed by atoms with van der Waals surface area (Å²) in [6, 6.07) is 16.2. The predicted octanol–water partition coefficient (Wildman–Crippen LogP) is 7.57. The smallest absolute Gasteiger partial charge is 0.225 e. The topological polar surface area (TPSA) is 8.81 Å². The average Bonchev–Trinajstić information content (AvgIpc) is 3.42. The zero-order valence-electron chi connectivity index (χ0n) is 21.7. The molecule has 0 saturated heterocycles. The summed E-state index contributed by atoms with van der Waals surface area (Å²) >= 11 is 0. The van der Waals surface area contributed by atoms with E-state index < -0.39 is 0 Å². The lowest BCUT2D eigenvalue weighted by Gasteiger charge is -2.30. The van der Waals surface area contributed by atoms with Crippen molar-refractivity contribution >= 4 is 5.70 Å². The van der Waals surface area contributed by atoms with Crippen LogP contribution in [0.4, 0.5) is 0 Å². The molecule has 1 atom stereocenters. The van der Waals surface area contributed by atoms with Gasteiger partial charge in [0.2, 0.25) is 0 Å². The number of aromatic nitrogens is 2. The molecular weight excluding hydrogens is 412 g/mol. The highest BCUT2D eigenvalue weighted by Crippen LogP contribution is 2.44. The monoisotopic (exact) mass is 451 g/mol. The van der Waals surface area contributed by atoms with Gasteiger partial charge in [-0.15, -0.1) is 0 Å². The van der Waals surface area contributed by atoms with Crippen LogP contribution >= 0.6 is 0 Å². The molecule has 0 bridgehead atoms. The molecule has 2 heterocycles. The van der Waals surface area contributed by atoms with Crippen molar-refractivity contribution in [3.05, 3.63) is 94.3 Å². The van der Waals surface area contributed by atoms with E-state index in [1.807, 2.05) is 0 Å². The highest BCUT2D eigenvalue weighted by molar-refractivity contribution is 5.76. The molecule has 34 heavy (non-hydrogen) atoms. The third kappa shape index (κ3) is 3.87. The van der Waals surface area contributed by atoms with Crippen molar-refractivity contribution in [3.8, 4) is 11.4 Å². The second kappa shape index (κ2) is 9.06. The van der Waals surface area contributed by atoms with Gasteiger partial charge in [0.1, 0.15) is 24.6 Å². The van der Waals surface area contributed by atoms with E-state index in [0.29, 0.717) is 17.8 Å². The maximum atomic E-state index is 2.60. The number of imidazole rings is 1. The largest absolute Gasteiger partial charge is 0.294 e. The second-order valence-corrected chi connectivity index (χ2v) is 10.7. The summed E-state index contributed by atoms with van der Waals surface area (Å²) in [5.41, 5.74) is 11.7. The minimum atomic E-state index is 0.443. The predicted molar refractivity (Wildman–Crippen MR) is 143 cm³/mol. The van der Waals surface area contributed by atoms with Crippen LogP contribution in [0.15, 0.2) is 72.1 Å². The van der Waals surface area contributed by atoms with Crippen LogP contribution in [-0.2, 0) is 19.4 Å². The van der Waals surface area contributed by atoms with Crippen molar-refractivity contribution in [1.29, 1.82) is 0 Å². The molecule has 0 amide bonds. The van der Waals surface area contributed by atoms with Gasteiger partial charge in [0.05, 0.1) is 5.56 Å². The SMILES string of the molecule is CCc1cc(CC)cc(C2C=C(C(C)C)C(n3cc[n+]4c3-c3ccccc3C4)=C(C(C)C)C2)c1. The van der Waals surface area contributed by atoms with Crippen LogP contribution in [-0.4, -0.2) is 4.57 Å². The van der Waals surface area contributed by atoms with Gasteiger partial charge in [0.15, 0.2) is 0 Å². The lowest BCUT2D eigenvalue weighted by molar-refractivity contribution is -0.671. The quantitative estimate of drug-likeness (QED) is 0.267. The Morgan fingerprint density at radius 3 is 2.29 bits per heavy atom. The molecule has 5 rings (SSSR count). The Morgan fingerprint density at radius 2 is 1.65 bits per heavy atom. The summed E-state index contributed by atoms with van der Waals surface area (Å²) in [4.78, 5) is 0. The van der Waals surface area contributed by atoms with Crippen LogP contribution in [0.25, 0.3) is 17.1 Å². The van der Waals surface area contributed by atoms with Crippen molar-refractivity contribution in [2.75, 3.05) is 0 Å². The van der Waals surface area contributed by atoms with Gasteiger partial charge in [-0.2, -0.15) is 4.57 Å². The Bertz CT molecular complexity index is 1260. The zero-order chi connectivity index (χ0) is 24.0. The van der Waals surface area contributed by atoms with Gasteiger partial charge in [-0.1, -0.05) is 84.0 Å². The molecule has 0 spiro atoms. The number of hydrogen-bond donors (Lipinski definition) is 0. The fraction of sp³-hybridized carbons (Fsp3) is 0.406. The first-order chi connectivity index (χ1) is 16.4. The molecule has 1 aliphatic carbocycles. The fourth-order valence-electron chi connectivity index (χ4n) is 5.85. The van der Waals surface area contributed by atoms with E-state index in [4.69, 9.17) is 0 Å². The minimum absolute atomic E-state index is 0.443. The summed E-state index contributed by atoms with van der Waals surface area (Å²) in [6.07, 6.45) is 10.4. The summed E-state index contributed by atoms with van der Waals surface area (Å²) in [6.45, 7) is 15.0. The van der Waals surface area contributed by atoms with E-state index in [0.717, 1.165) is 25.8 Å². The second-order valence-electron chi connectivity index (χ2n) is 10.7. The van der Waals surface area contributed by atoms with Crippen LogP contribution in [0.5, 0.6) is 0 Å². The van der Waals surface area contributed by atoms with Gasteiger partial charge >= 0.3 is 0 Å². The van der Waals surface area contributed by atoms with Crippen molar-refractivity contribution in [2.24, 2.45) is 11.8 Å². The lowest BCUT2D eigenvalue weighted by atomic mass is 9.76. The van der Waals surface area contributed by atoms with Crippen molar-refractivity contribution in [3.63, 3.8) is 0 Å². The van der Waals surface area contributed by atoms with E-state index >= 15 is 0 Å². The Kier molecular flexibility index (Phi) is 6.10. The third-order valence-corrected chi connectivity index (χ3v) is 7.77. The Balaban J connectivity index is 1.66. The molecule has 3 aromatic rings. The van der Waals surface area contributed by atoms with Gasteiger partial charge in [0.25, 0.3) is 5.82 Å². The number of rotatable bonds is 6. The molecule has 0 fully saturated rings. The number of hydrogen-bond acceptors (Lipinski definition) is 0. The number of aryl methyl sites for hydroxylation is 2. The molecule has 0 radical (unpaired) electrons. The normalized spacial score (nSPS) is 17.4. The van der Waals surface area contributed by atoms with Crippen LogP contribution in [0.2, 0.25) is 0 Å². The van der Waals surface area contributed by atoms with Crippen LogP contribution in [0.3, 0.4) is 0 Å². The maximum Gasteiger partial charge on any atom is 0.294 e. The molecule has 0 N–H and O–H groups in total. The highest BCUT2D eigenvalue weighted by atomic mass is 15.2. The Labute approximate surface area is 205 Å². The van der Waals surface area contributed by atoms with Gasteiger partial charge in [-0.25, -0.2) is 4.57 Å². The molecule has 1 unspecified atom stereocenters. The molecular formula is C32H39N2+. The first kappa shape index (κ1) is 22.9. The molecule has 2 nitrogen and oxygen atoms in total. The van der Waals surface area contributed by atoms with Crippen LogP contribution < -0.4 is 4.57 Å². The van der Waals surface area contributed by atoms with Gasteiger partial charge in [-0.05, 0) is 65.0 Å². The lowest BCUT2D eigenvalue weighted by Crippen LogP contribution is -2.30. The number of benzene rings is 2. The summed E-state index contributed by atoms with van der Waals surface area (Å²) < 4.78 is 4.92. The molecule has 2 aliphatic rings. The maximum absolute atomic E-state index is 2.60. The third-order valence-electron chi connectivity index (χ3n) is 7.77. The summed E-state index contributed by atoms with van der Waals surface area (Å²) in [7, 11) is 0. The van der Waals surface area contributed by atoms with E-state index in [9.17, 15) is 0 Å². The Hall–Kier alpha value is -2.87. The van der Waals surface area contributed by atoms with E-state index in [1.165, 1.54) is 44.9 Å². The highest BCUT2D eigenvalue weighted by Gasteiger charge is 2.36. The average molecular weight is 452 g/mol. The van der Waals surface area contributed by atoms with E-state index in [2.05, 4.69) is 112 Å². The van der Waals surface area contributed by atoms with Gasteiger partial charge in [0, 0.05) is 11.5 Å². The van der Waals surface area contributed by atoms with E-state index in [1.54, 1.807) is 5.57 Å². The minimum Gasteiger partial charge on any atom is -0.225 e. The molecule has 1 aromatic heterocycles. The van der Waals surface area contributed by atoms with Crippen LogP contribution in [0.1, 0.15) is 76.1 Å². The molecule has 2 aromatic carbocycles.